The molecule has 8 heteroatoms. The first-order chi connectivity index (χ1) is 13.9. The second kappa shape index (κ2) is 6.23. The molecule has 0 bridgehead atoms. The van der Waals surface area contributed by atoms with Gasteiger partial charge in [-0.25, -0.2) is 9.37 Å². The van der Waals surface area contributed by atoms with E-state index in [1.54, 1.807) is 43.0 Å². The lowest BCUT2D eigenvalue weighted by atomic mass is 9.94. The van der Waals surface area contributed by atoms with Crippen LogP contribution in [0.25, 0.3) is 33.4 Å². The topological polar surface area (TPSA) is 88.0 Å². The van der Waals surface area contributed by atoms with Crippen LogP contribution in [0.1, 0.15) is 30.9 Å². The van der Waals surface area contributed by atoms with E-state index in [1.807, 2.05) is 0 Å². The number of imidazole rings is 1. The fourth-order valence-electron chi connectivity index (χ4n) is 3.67. The Morgan fingerprint density at radius 1 is 1.34 bits per heavy atom. The third-order valence-corrected chi connectivity index (χ3v) is 5.31. The summed E-state index contributed by atoms with van der Waals surface area (Å²) in [6.45, 7) is 7.39. The highest BCUT2D eigenvalue weighted by Gasteiger charge is 2.30. The molecule has 1 saturated carbocycles. The van der Waals surface area contributed by atoms with Crippen molar-refractivity contribution < 1.29 is 9.18 Å². The van der Waals surface area contributed by atoms with Crippen LogP contribution in [-0.2, 0) is 4.79 Å². The summed E-state index contributed by atoms with van der Waals surface area (Å²) in [5, 5.41) is 10.6. The maximum atomic E-state index is 15.1. The highest BCUT2D eigenvalue weighted by atomic mass is 19.1. The van der Waals surface area contributed by atoms with Gasteiger partial charge in [0.1, 0.15) is 5.82 Å². The summed E-state index contributed by atoms with van der Waals surface area (Å²) in [5.41, 5.74) is 3.99. The van der Waals surface area contributed by atoms with E-state index in [0.29, 0.717) is 44.9 Å². The van der Waals surface area contributed by atoms with Crippen molar-refractivity contribution >= 4 is 33.8 Å². The minimum Gasteiger partial charge on any atom is -0.309 e. The largest absolute Gasteiger partial charge is 0.309 e. The van der Waals surface area contributed by atoms with Crippen LogP contribution in [0.15, 0.2) is 31.4 Å². The van der Waals surface area contributed by atoms with Crippen LogP contribution >= 0.6 is 0 Å². The minimum absolute atomic E-state index is 0.00464. The van der Waals surface area contributed by atoms with E-state index in [9.17, 15) is 4.79 Å². The van der Waals surface area contributed by atoms with Crippen LogP contribution in [-0.4, -0.2) is 30.5 Å². The van der Waals surface area contributed by atoms with Gasteiger partial charge in [0.15, 0.2) is 11.5 Å². The molecule has 1 amide bonds. The Bertz CT molecular complexity index is 1310. The van der Waals surface area contributed by atoms with Gasteiger partial charge >= 0.3 is 0 Å². The summed E-state index contributed by atoms with van der Waals surface area (Å²) in [6.07, 6.45) is 8.65. The van der Waals surface area contributed by atoms with E-state index in [0.717, 1.165) is 18.2 Å². The molecule has 3 heterocycles. The van der Waals surface area contributed by atoms with E-state index in [1.165, 1.54) is 0 Å². The average molecular weight is 390 g/mol. The van der Waals surface area contributed by atoms with Gasteiger partial charge in [-0.2, -0.15) is 5.10 Å². The summed E-state index contributed by atoms with van der Waals surface area (Å²) < 4.78 is 16.9. The molecule has 7 nitrogen and oxygen atoms in total. The number of fused-ring (bicyclic) bond motifs is 2. The second-order valence-corrected chi connectivity index (χ2v) is 7.56. The Morgan fingerprint density at radius 3 is 2.86 bits per heavy atom. The summed E-state index contributed by atoms with van der Waals surface area (Å²) >= 11 is 0. The van der Waals surface area contributed by atoms with Crippen LogP contribution in [0.2, 0.25) is 0 Å². The predicted molar refractivity (Wildman–Crippen MR) is 109 cm³/mol. The fourth-order valence-corrected chi connectivity index (χ4v) is 3.67. The highest BCUT2D eigenvalue weighted by molar-refractivity contribution is 6.01. The molecule has 29 heavy (non-hydrogen) atoms. The van der Waals surface area contributed by atoms with Crippen molar-refractivity contribution in [2.75, 3.05) is 5.32 Å². The van der Waals surface area contributed by atoms with Crippen molar-refractivity contribution in [2.45, 2.75) is 26.7 Å². The Hall–Kier alpha value is -3.55. The first-order valence-electron chi connectivity index (χ1n) is 9.41. The van der Waals surface area contributed by atoms with Crippen LogP contribution < -0.4 is 5.32 Å². The van der Waals surface area contributed by atoms with Crippen LogP contribution in [0.3, 0.4) is 0 Å². The second-order valence-electron chi connectivity index (χ2n) is 7.56. The van der Waals surface area contributed by atoms with Gasteiger partial charge in [0, 0.05) is 28.6 Å². The Balaban J connectivity index is 1.64. The Morgan fingerprint density at radius 2 is 2.14 bits per heavy atom. The van der Waals surface area contributed by atoms with Gasteiger partial charge in [-0.15, -0.1) is 0 Å². The number of anilines is 1. The number of rotatable bonds is 4. The summed E-state index contributed by atoms with van der Waals surface area (Å²) in [4.78, 5) is 20.9. The summed E-state index contributed by atoms with van der Waals surface area (Å²) in [5.74, 6) is 0.235. The molecule has 1 fully saturated rings. The van der Waals surface area contributed by atoms with Gasteiger partial charge in [-0.3, -0.25) is 14.9 Å². The molecule has 2 N–H and O–H groups in total. The number of aromatic amines is 1. The maximum absolute atomic E-state index is 15.1. The van der Waals surface area contributed by atoms with Crippen LogP contribution in [0, 0.1) is 18.7 Å². The van der Waals surface area contributed by atoms with Crippen molar-refractivity contribution in [1.82, 2.24) is 24.6 Å². The van der Waals surface area contributed by atoms with E-state index in [-0.39, 0.29) is 17.6 Å². The molecule has 3 aromatic heterocycles. The first-order valence-corrected chi connectivity index (χ1v) is 9.41. The number of hydrogen-bond acceptors (Lipinski definition) is 4. The van der Waals surface area contributed by atoms with Gasteiger partial charge in [-0.05, 0) is 37.8 Å². The minimum atomic E-state index is -0.339. The highest BCUT2D eigenvalue weighted by Crippen LogP contribution is 2.37. The number of carbonyl (C=O) groups excluding carboxylic acids is 1. The molecular weight excluding hydrogens is 371 g/mol. The van der Waals surface area contributed by atoms with E-state index in [2.05, 4.69) is 32.1 Å². The fraction of sp³-hybridized carbons (Fsp3) is 0.238. The molecule has 0 aliphatic heterocycles. The smallest absolute Gasteiger partial charge is 0.228 e. The molecule has 5 rings (SSSR count). The van der Waals surface area contributed by atoms with E-state index >= 15 is 4.39 Å². The number of nitrogens with one attached hydrogen (secondary N) is 2. The number of nitrogens with zero attached hydrogens (tertiary/aromatic N) is 4. The van der Waals surface area contributed by atoms with Crippen LogP contribution in [0.5, 0.6) is 0 Å². The number of benzene rings is 1. The van der Waals surface area contributed by atoms with Crippen molar-refractivity contribution in [3.05, 3.63) is 48.3 Å². The zero-order chi connectivity index (χ0) is 20.3. The zero-order valence-corrected chi connectivity index (χ0v) is 16.1. The lowest BCUT2D eigenvalue weighted by molar-refractivity contribution is -0.117. The third kappa shape index (κ3) is 2.79. The van der Waals surface area contributed by atoms with Gasteiger partial charge in [0.25, 0.3) is 0 Å². The van der Waals surface area contributed by atoms with Crippen LogP contribution in [0.4, 0.5) is 10.2 Å². The molecule has 1 aliphatic rings. The zero-order valence-electron chi connectivity index (χ0n) is 16.1. The lowest BCUT2D eigenvalue weighted by Crippen LogP contribution is -2.13. The normalized spacial score (nSPS) is 13.9. The predicted octanol–water partition coefficient (Wildman–Crippen LogP) is 4.10. The van der Waals surface area contributed by atoms with Gasteiger partial charge in [0.2, 0.25) is 5.91 Å². The summed E-state index contributed by atoms with van der Waals surface area (Å²) in [7, 11) is 0. The first kappa shape index (κ1) is 17.5. The van der Waals surface area contributed by atoms with E-state index < -0.39 is 0 Å². The van der Waals surface area contributed by atoms with Gasteiger partial charge < -0.3 is 9.72 Å². The molecule has 4 aromatic rings. The quantitative estimate of drug-likeness (QED) is 0.549. The number of carbonyl (C=O) groups is 1. The average Bonchev–Trinajstić information content (AvgIpc) is 3.30. The third-order valence-electron chi connectivity index (χ3n) is 5.31. The van der Waals surface area contributed by atoms with E-state index in [4.69, 9.17) is 0 Å². The molecule has 0 atom stereocenters. The van der Waals surface area contributed by atoms with Crippen molar-refractivity contribution in [3.63, 3.8) is 0 Å². The SMILES string of the molecule is C=C(C)c1c(F)c(C)c(-c2cn3cc(NC(=O)C4CC4)nc3cn2)c2cn[nH]c12. The standard InChI is InChI=1S/C21H19FN6O/c1-10(2)17-19(22)11(3)18(13-6-24-27-20(13)17)14-8-28-9-15(25-16(28)7-23-14)26-21(29)12-4-5-12/h6-9,12H,1,4-5H2,2-3H3,(H,24,27)(H,26,29). The lowest BCUT2D eigenvalue weighted by Gasteiger charge is -2.13. The molecule has 0 radical (unpaired) electrons. The maximum Gasteiger partial charge on any atom is 0.228 e. The molecular formula is C21H19FN6O. The Labute approximate surface area is 165 Å². The number of aromatic nitrogens is 5. The number of amides is 1. The van der Waals surface area contributed by atoms with Crippen molar-refractivity contribution in [2.24, 2.45) is 5.92 Å². The molecule has 1 aliphatic carbocycles. The summed E-state index contributed by atoms with van der Waals surface area (Å²) in [6, 6.07) is 0. The number of halogens is 1. The Kier molecular flexibility index (Phi) is 3.77. The molecule has 1 aromatic carbocycles. The molecule has 0 spiro atoms. The van der Waals surface area contributed by atoms with Crippen molar-refractivity contribution in [3.8, 4) is 11.3 Å². The van der Waals surface area contributed by atoms with Crippen molar-refractivity contribution in [1.29, 1.82) is 0 Å². The number of hydrogen-bond donors (Lipinski definition) is 2. The monoisotopic (exact) mass is 390 g/mol. The molecule has 0 unspecified atom stereocenters. The molecule has 146 valence electrons. The van der Waals surface area contributed by atoms with Gasteiger partial charge in [0.05, 0.1) is 29.8 Å². The number of H-pyrrole nitrogens is 1. The molecule has 0 saturated heterocycles. The number of allylic oxidation sites excluding steroid dienone is 1. The van der Waals surface area contributed by atoms with Gasteiger partial charge in [-0.1, -0.05) is 6.58 Å².